The van der Waals surface area contributed by atoms with Crippen LogP contribution < -0.4 is 5.32 Å². The van der Waals surface area contributed by atoms with Crippen LogP contribution in [0.5, 0.6) is 0 Å². The normalized spacial score (nSPS) is 10.3. The minimum atomic E-state index is -0.653. The molecule has 0 aliphatic heterocycles. The third-order valence-electron chi connectivity index (χ3n) is 3.75. The van der Waals surface area contributed by atoms with Crippen molar-refractivity contribution in [3.63, 3.8) is 0 Å². The molecule has 0 aliphatic rings. The Morgan fingerprint density at radius 2 is 1.83 bits per heavy atom. The van der Waals surface area contributed by atoms with Gasteiger partial charge in [-0.1, -0.05) is 6.07 Å². The summed E-state index contributed by atoms with van der Waals surface area (Å²) >= 11 is 0. The minimum Gasteiger partial charge on any atom is -0.451 e. The standard InChI is InChI=1S/C18H20N2O4/c1-11-5-6-15(7-12(11)2)19-17(22)10-24-18(23)16-8-14(13(3)21)9-20(16)4/h5-9H,10H2,1-4H3,(H,19,22). The number of aryl methyl sites for hydroxylation is 3. The third-order valence-corrected chi connectivity index (χ3v) is 3.75. The zero-order valence-electron chi connectivity index (χ0n) is 14.2. The number of amides is 1. The van der Waals surface area contributed by atoms with Crippen LogP contribution in [0.3, 0.4) is 0 Å². The monoisotopic (exact) mass is 328 g/mol. The average molecular weight is 328 g/mol. The first-order chi connectivity index (χ1) is 11.3. The van der Waals surface area contributed by atoms with Crippen molar-refractivity contribution in [1.29, 1.82) is 0 Å². The molecule has 2 rings (SSSR count). The molecule has 0 bridgehead atoms. The summed E-state index contributed by atoms with van der Waals surface area (Å²) in [5, 5.41) is 2.68. The zero-order valence-corrected chi connectivity index (χ0v) is 14.2. The molecule has 1 N–H and O–H groups in total. The van der Waals surface area contributed by atoms with Crippen LogP contribution in [0.25, 0.3) is 0 Å². The fourth-order valence-corrected chi connectivity index (χ4v) is 2.18. The fraction of sp³-hybridized carbons (Fsp3) is 0.278. The van der Waals surface area contributed by atoms with Crippen molar-refractivity contribution >= 4 is 23.3 Å². The Labute approximate surface area is 140 Å². The molecular formula is C18H20N2O4. The molecule has 1 heterocycles. The van der Waals surface area contributed by atoms with Gasteiger partial charge < -0.3 is 14.6 Å². The van der Waals surface area contributed by atoms with Gasteiger partial charge in [-0.2, -0.15) is 0 Å². The number of anilines is 1. The Hall–Kier alpha value is -2.89. The van der Waals surface area contributed by atoms with Crippen molar-refractivity contribution in [1.82, 2.24) is 4.57 Å². The van der Waals surface area contributed by atoms with Crippen molar-refractivity contribution in [2.75, 3.05) is 11.9 Å². The van der Waals surface area contributed by atoms with Crippen LogP contribution in [0.1, 0.15) is 38.9 Å². The molecule has 0 atom stereocenters. The number of ketones is 1. The van der Waals surface area contributed by atoms with E-state index < -0.39 is 18.5 Å². The summed E-state index contributed by atoms with van der Waals surface area (Å²) in [5.74, 6) is -1.22. The molecule has 126 valence electrons. The number of esters is 1. The maximum atomic E-state index is 12.0. The van der Waals surface area contributed by atoms with Gasteiger partial charge in [0.1, 0.15) is 5.69 Å². The van der Waals surface area contributed by atoms with E-state index in [9.17, 15) is 14.4 Å². The van der Waals surface area contributed by atoms with E-state index in [1.54, 1.807) is 19.3 Å². The van der Waals surface area contributed by atoms with Gasteiger partial charge in [0.25, 0.3) is 5.91 Å². The highest BCUT2D eigenvalue weighted by Crippen LogP contribution is 2.14. The predicted molar refractivity (Wildman–Crippen MR) is 90.2 cm³/mol. The first-order valence-corrected chi connectivity index (χ1v) is 7.49. The largest absolute Gasteiger partial charge is 0.451 e. The quantitative estimate of drug-likeness (QED) is 0.676. The Morgan fingerprint density at radius 3 is 2.42 bits per heavy atom. The second-order valence-corrected chi connectivity index (χ2v) is 5.70. The molecule has 0 saturated carbocycles. The number of hydrogen-bond acceptors (Lipinski definition) is 4. The van der Waals surface area contributed by atoms with Gasteiger partial charge in [0.15, 0.2) is 12.4 Å². The van der Waals surface area contributed by atoms with E-state index in [0.717, 1.165) is 11.1 Å². The summed E-state index contributed by atoms with van der Waals surface area (Å²) in [4.78, 5) is 35.2. The van der Waals surface area contributed by atoms with Gasteiger partial charge in [0, 0.05) is 24.5 Å². The molecule has 0 saturated heterocycles. The maximum Gasteiger partial charge on any atom is 0.355 e. The lowest BCUT2D eigenvalue weighted by molar-refractivity contribution is -0.119. The van der Waals surface area contributed by atoms with Crippen LogP contribution >= 0.6 is 0 Å². The summed E-state index contributed by atoms with van der Waals surface area (Å²) in [6.07, 6.45) is 1.55. The molecule has 6 nitrogen and oxygen atoms in total. The number of rotatable bonds is 5. The highest BCUT2D eigenvalue weighted by atomic mass is 16.5. The van der Waals surface area contributed by atoms with Crippen LogP contribution in [0.2, 0.25) is 0 Å². The number of Topliss-reactive ketones (excluding diaryl/α,β-unsaturated/α-hetero) is 1. The first kappa shape index (κ1) is 17.5. The summed E-state index contributed by atoms with van der Waals surface area (Å²) in [6, 6.07) is 7.00. The SMILES string of the molecule is CC(=O)c1cc(C(=O)OCC(=O)Nc2ccc(C)c(C)c2)n(C)c1. The molecule has 2 aromatic rings. The van der Waals surface area contributed by atoms with E-state index in [-0.39, 0.29) is 11.5 Å². The number of hydrogen-bond donors (Lipinski definition) is 1. The highest BCUT2D eigenvalue weighted by molar-refractivity contribution is 5.98. The molecule has 0 spiro atoms. The number of carbonyl (C=O) groups excluding carboxylic acids is 3. The number of nitrogens with one attached hydrogen (secondary N) is 1. The van der Waals surface area contributed by atoms with E-state index in [1.807, 2.05) is 26.0 Å². The molecule has 0 radical (unpaired) electrons. The van der Waals surface area contributed by atoms with Gasteiger partial charge in [-0.05, 0) is 50.1 Å². The molecule has 1 amide bonds. The Kier molecular flexibility index (Phi) is 5.18. The number of aromatic nitrogens is 1. The van der Waals surface area contributed by atoms with Crippen LogP contribution in [0.15, 0.2) is 30.5 Å². The van der Waals surface area contributed by atoms with Crippen LogP contribution in [0.4, 0.5) is 5.69 Å². The van der Waals surface area contributed by atoms with Crippen molar-refractivity contribution in [3.8, 4) is 0 Å². The van der Waals surface area contributed by atoms with Gasteiger partial charge in [-0.25, -0.2) is 4.79 Å². The number of benzene rings is 1. The summed E-state index contributed by atoms with van der Waals surface area (Å²) in [5.41, 5.74) is 3.48. The predicted octanol–water partition coefficient (Wildman–Crippen LogP) is 2.64. The number of nitrogens with zero attached hydrogens (tertiary/aromatic N) is 1. The topological polar surface area (TPSA) is 77.4 Å². The van der Waals surface area contributed by atoms with Crippen molar-refractivity contribution in [2.45, 2.75) is 20.8 Å². The van der Waals surface area contributed by atoms with Crippen LogP contribution in [-0.2, 0) is 16.6 Å². The Morgan fingerprint density at radius 1 is 1.12 bits per heavy atom. The molecular weight excluding hydrogens is 308 g/mol. The van der Waals surface area contributed by atoms with Crippen molar-refractivity contribution < 1.29 is 19.1 Å². The zero-order chi connectivity index (χ0) is 17.9. The smallest absolute Gasteiger partial charge is 0.355 e. The first-order valence-electron chi connectivity index (χ1n) is 7.49. The maximum absolute atomic E-state index is 12.0. The minimum absolute atomic E-state index is 0.142. The second kappa shape index (κ2) is 7.12. The van der Waals surface area contributed by atoms with Gasteiger partial charge in [0.05, 0.1) is 0 Å². The molecule has 24 heavy (non-hydrogen) atoms. The number of ether oxygens (including phenoxy) is 1. The summed E-state index contributed by atoms with van der Waals surface area (Å²) < 4.78 is 6.51. The van der Waals surface area contributed by atoms with Gasteiger partial charge >= 0.3 is 5.97 Å². The average Bonchev–Trinajstić information content (AvgIpc) is 2.91. The van der Waals surface area contributed by atoms with E-state index in [4.69, 9.17) is 4.74 Å². The summed E-state index contributed by atoms with van der Waals surface area (Å²) in [6.45, 7) is 4.96. The van der Waals surface area contributed by atoms with E-state index >= 15 is 0 Å². The molecule has 0 aliphatic carbocycles. The van der Waals surface area contributed by atoms with E-state index in [0.29, 0.717) is 11.3 Å². The Bertz CT molecular complexity index is 805. The summed E-state index contributed by atoms with van der Waals surface area (Å²) in [7, 11) is 1.64. The molecule has 1 aromatic heterocycles. The Balaban J connectivity index is 1.94. The fourth-order valence-electron chi connectivity index (χ4n) is 2.18. The van der Waals surface area contributed by atoms with Crippen molar-refractivity contribution in [3.05, 3.63) is 52.8 Å². The molecule has 0 fully saturated rings. The van der Waals surface area contributed by atoms with Crippen LogP contribution in [0, 0.1) is 13.8 Å². The van der Waals surface area contributed by atoms with E-state index in [1.165, 1.54) is 17.6 Å². The lowest BCUT2D eigenvalue weighted by Crippen LogP contribution is -2.21. The lowest BCUT2D eigenvalue weighted by atomic mass is 10.1. The van der Waals surface area contributed by atoms with Gasteiger partial charge in [0.2, 0.25) is 0 Å². The van der Waals surface area contributed by atoms with Crippen molar-refractivity contribution in [2.24, 2.45) is 7.05 Å². The van der Waals surface area contributed by atoms with Gasteiger partial charge in [-0.15, -0.1) is 0 Å². The lowest BCUT2D eigenvalue weighted by Gasteiger charge is -2.08. The van der Waals surface area contributed by atoms with Gasteiger partial charge in [-0.3, -0.25) is 9.59 Å². The number of carbonyl (C=O) groups is 3. The van der Waals surface area contributed by atoms with Crippen LogP contribution in [-0.4, -0.2) is 28.8 Å². The second-order valence-electron chi connectivity index (χ2n) is 5.70. The molecule has 0 unspecified atom stereocenters. The molecule has 6 heteroatoms. The van der Waals surface area contributed by atoms with E-state index in [2.05, 4.69) is 5.32 Å². The molecule has 1 aromatic carbocycles. The third kappa shape index (κ3) is 4.10. The highest BCUT2D eigenvalue weighted by Gasteiger charge is 2.16.